The quantitative estimate of drug-likeness (QED) is 0.650. The van der Waals surface area contributed by atoms with Crippen molar-refractivity contribution in [3.8, 4) is 0 Å². The maximum absolute atomic E-state index is 13.5. The van der Waals surface area contributed by atoms with Crippen molar-refractivity contribution < 1.29 is 13.6 Å². The minimum absolute atomic E-state index is 0.00288. The summed E-state index contributed by atoms with van der Waals surface area (Å²) in [5.41, 5.74) is 1.63. The largest absolute Gasteiger partial charge is 0.468 e. The highest BCUT2D eigenvalue weighted by atomic mass is 32.2. The second kappa shape index (κ2) is 6.76. The van der Waals surface area contributed by atoms with Crippen LogP contribution >= 0.6 is 11.8 Å². The predicted octanol–water partition coefficient (Wildman–Crippen LogP) is 5.19. The van der Waals surface area contributed by atoms with Crippen molar-refractivity contribution in [2.24, 2.45) is 0 Å². The lowest BCUT2D eigenvalue weighted by molar-refractivity contribution is -0.118. The molecule has 25 heavy (non-hydrogen) atoms. The summed E-state index contributed by atoms with van der Waals surface area (Å²) in [6, 6.07) is 17.9. The third kappa shape index (κ3) is 3.33. The fraction of sp³-hybridized carbons (Fsp3) is 0.150. The van der Waals surface area contributed by atoms with E-state index in [0.29, 0.717) is 13.0 Å². The van der Waals surface area contributed by atoms with Crippen molar-refractivity contribution in [2.45, 2.75) is 23.1 Å². The van der Waals surface area contributed by atoms with E-state index in [0.717, 1.165) is 21.9 Å². The molecule has 1 atom stereocenters. The van der Waals surface area contributed by atoms with Gasteiger partial charge in [-0.1, -0.05) is 24.3 Å². The first-order valence-corrected chi connectivity index (χ1v) is 8.92. The molecule has 1 aromatic heterocycles. The van der Waals surface area contributed by atoms with Gasteiger partial charge in [-0.25, -0.2) is 4.39 Å². The smallest absolute Gasteiger partial charge is 0.228 e. The molecule has 2 heterocycles. The third-order valence-corrected chi connectivity index (χ3v) is 5.46. The number of halogens is 1. The molecule has 0 saturated carbocycles. The third-order valence-electron chi connectivity index (χ3n) is 4.18. The zero-order valence-corrected chi connectivity index (χ0v) is 14.2. The van der Waals surface area contributed by atoms with Gasteiger partial charge < -0.3 is 9.32 Å². The number of thioether (sulfide) groups is 1. The van der Waals surface area contributed by atoms with E-state index in [1.807, 2.05) is 42.5 Å². The monoisotopic (exact) mass is 353 g/mol. The van der Waals surface area contributed by atoms with Gasteiger partial charge in [0.25, 0.3) is 0 Å². The van der Waals surface area contributed by atoms with Gasteiger partial charge in [0.05, 0.1) is 23.7 Å². The second-order valence-electron chi connectivity index (χ2n) is 5.90. The fourth-order valence-electron chi connectivity index (χ4n) is 3.00. The molecular weight excluding hydrogens is 337 g/mol. The average Bonchev–Trinajstić information content (AvgIpc) is 3.10. The molecule has 0 fully saturated rings. The number of carbonyl (C=O) groups is 1. The van der Waals surface area contributed by atoms with E-state index in [4.69, 9.17) is 4.42 Å². The Hall–Kier alpha value is -2.53. The lowest BCUT2D eigenvalue weighted by Crippen LogP contribution is -2.30. The van der Waals surface area contributed by atoms with E-state index < -0.39 is 0 Å². The minimum atomic E-state index is -0.295. The van der Waals surface area contributed by atoms with E-state index in [1.54, 1.807) is 29.0 Å². The van der Waals surface area contributed by atoms with Crippen LogP contribution in [0.5, 0.6) is 0 Å². The Morgan fingerprint density at radius 2 is 2.00 bits per heavy atom. The van der Waals surface area contributed by atoms with Crippen LogP contribution in [0.4, 0.5) is 10.1 Å². The van der Waals surface area contributed by atoms with Crippen LogP contribution in [-0.4, -0.2) is 5.91 Å². The molecule has 0 radical (unpaired) electrons. The number of carbonyl (C=O) groups excluding carboxylic acids is 1. The Morgan fingerprint density at radius 1 is 1.12 bits per heavy atom. The van der Waals surface area contributed by atoms with E-state index in [-0.39, 0.29) is 17.0 Å². The molecule has 1 aliphatic heterocycles. The summed E-state index contributed by atoms with van der Waals surface area (Å²) < 4.78 is 19.0. The Bertz CT molecular complexity index is 894. The molecule has 0 unspecified atom stereocenters. The van der Waals surface area contributed by atoms with Crippen LogP contribution in [0.3, 0.4) is 0 Å². The standard InChI is InChI=1S/C20H16FNO2S/c21-15-6-3-5-14(11-15)13-22-16-7-1-2-9-18(16)25-19(12-20(22)23)17-8-4-10-24-17/h1-11,19H,12-13H2/t19-/m1/s1. The minimum Gasteiger partial charge on any atom is -0.468 e. The molecular formula is C20H16FNO2S. The molecule has 126 valence electrons. The molecule has 3 aromatic rings. The Balaban J connectivity index is 1.71. The van der Waals surface area contributed by atoms with Crippen LogP contribution in [-0.2, 0) is 11.3 Å². The number of hydrogen-bond donors (Lipinski definition) is 0. The van der Waals surface area contributed by atoms with Gasteiger partial charge in [0.2, 0.25) is 5.91 Å². The molecule has 4 rings (SSSR count). The molecule has 0 aliphatic carbocycles. The van der Waals surface area contributed by atoms with Crippen LogP contribution in [0.2, 0.25) is 0 Å². The van der Waals surface area contributed by atoms with Gasteiger partial charge >= 0.3 is 0 Å². The highest BCUT2D eigenvalue weighted by Crippen LogP contribution is 2.45. The van der Waals surface area contributed by atoms with Gasteiger partial charge in [-0.05, 0) is 42.0 Å². The Morgan fingerprint density at radius 3 is 2.80 bits per heavy atom. The summed E-state index contributed by atoms with van der Waals surface area (Å²) in [6.45, 7) is 0.346. The van der Waals surface area contributed by atoms with Crippen molar-refractivity contribution in [3.63, 3.8) is 0 Å². The first-order chi connectivity index (χ1) is 12.2. The van der Waals surface area contributed by atoms with Crippen LogP contribution in [0.15, 0.2) is 76.2 Å². The topological polar surface area (TPSA) is 33.5 Å². The van der Waals surface area contributed by atoms with E-state index >= 15 is 0 Å². The maximum atomic E-state index is 13.5. The number of nitrogens with zero attached hydrogens (tertiary/aromatic N) is 1. The lowest BCUT2D eigenvalue weighted by atomic mass is 10.1. The van der Waals surface area contributed by atoms with Gasteiger partial charge in [-0.15, -0.1) is 11.8 Å². The number of hydrogen-bond acceptors (Lipinski definition) is 3. The van der Waals surface area contributed by atoms with E-state index in [2.05, 4.69) is 0 Å². The fourth-order valence-corrected chi connectivity index (χ4v) is 4.24. The molecule has 1 amide bonds. The average molecular weight is 353 g/mol. The SMILES string of the molecule is O=C1C[C@H](c2ccco2)Sc2ccccc2N1Cc1cccc(F)c1. The molecule has 0 N–H and O–H groups in total. The first kappa shape index (κ1) is 16.0. The number of anilines is 1. The molecule has 3 nitrogen and oxygen atoms in total. The van der Waals surface area contributed by atoms with Crippen LogP contribution < -0.4 is 4.90 Å². The van der Waals surface area contributed by atoms with Crippen molar-refractivity contribution in [2.75, 3.05) is 4.90 Å². The van der Waals surface area contributed by atoms with Gasteiger partial charge in [0.1, 0.15) is 11.6 Å². The van der Waals surface area contributed by atoms with Gasteiger partial charge in [0.15, 0.2) is 0 Å². The summed E-state index contributed by atoms with van der Waals surface area (Å²) in [6.07, 6.45) is 1.96. The molecule has 0 spiro atoms. The molecule has 2 aromatic carbocycles. The maximum Gasteiger partial charge on any atom is 0.228 e. The summed E-state index contributed by atoms with van der Waals surface area (Å²) in [4.78, 5) is 15.7. The number of para-hydroxylation sites is 1. The Labute approximate surface area is 149 Å². The highest BCUT2D eigenvalue weighted by molar-refractivity contribution is 7.99. The summed E-state index contributed by atoms with van der Waals surface area (Å²) in [7, 11) is 0. The lowest BCUT2D eigenvalue weighted by Gasteiger charge is -2.22. The van der Waals surface area contributed by atoms with E-state index in [1.165, 1.54) is 12.1 Å². The van der Waals surface area contributed by atoms with Gasteiger partial charge in [0, 0.05) is 11.3 Å². The highest BCUT2D eigenvalue weighted by Gasteiger charge is 2.30. The van der Waals surface area contributed by atoms with Crippen LogP contribution in [0.1, 0.15) is 23.0 Å². The van der Waals surface area contributed by atoms with Crippen molar-refractivity contribution in [1.29, 1.82) is 0 Å². The first-order valence-electron chi connectivity index (χ1n) is 8.04. The van der Waals surface area contributed by atoms with E-state index in [9.17, 15) is 9.18 Å². The van der Waals surface area contributed by atoms with Crippen molar-refractivity contribution in [1.82, 2.24) is 0 Å². The van der Waals surface area contributed by atoms with Crippen LogP contribution in [0, 0.1) is 5.82 Å². The van der Waals surface area contributed by atoms with Crippen molar-refractivity contribution in [3.05, 3.63) is 84.1 Å². The van der Waals surface area contributed by atoms with Crippen molar-refractivity contribution >= 4 is 23.4 Å². The number of benzene rings is 2. The van der Waals surface area contributed by atoms with Gasteiger partial charge in [-0.2, -0.15) is 0 Å². The van der Waals surface area contributed by atoms with Gasteiger partial charge in [-0.3, -0.25) is 4.79 Å². The van der Waals surface area contributed by atoms with Crippen LogP contribution in [0.25, 0.3) is 0 Å². The number of rotatable bonds is 3. The number of amides is 1. The number of fused-ring (bicyclic) bond motifs is 1. The summed E-state index contributed by atoms with van der Waals surface area (Å²) >= 11 is 1.63. The molecule has 5 heteroatoms. The zero-order chi connectivity index (χ0) is 17.2. The summed E-state index contributed by atoms with van der Waals surface area (Å²) in [5.74, 6) is 0.500. The normalized spacial score (nSPS) is 17.2. The molecule has 1 aliphatic rings. The zero-order valence-electron chi connectivity index (χ0n) is 13.4. The second-order valence-corrected chi connectivity index (χ2v) is 7.15. The predicted molar refractivity (Wildman–Crippen MR) is 96.0 cm³/mol. The summed E-state index contributed by atoms with van der Waals surface area (Å²) in [5, 5.41) is -0.0684. The Kier molecular flexibility index (Phi) is 4.32. The molecule has 0 bridgehead atoms. The number of furan rings is 1. The molecule has 0 saturated heterocycles.